The highest BCUT2D eigenvalue weighted by atomic mass is 16.5. The zero-order valence-corrected chi connectivity index (χ0v) is 12.5. The molecule has 0 spiro atoms. The maximum absolute atomic E-state index is 5.36. The topological polar surface area (TPSA) is 25.4 Å². The van der Waals surface area contributed by atoms with Gasteiger partial charge in [-0.05, 0) is 36.4 Å². The van der Waals surface area contributed by atoms with Crippen LogP contribution < -0.4 is 0 Å². The number of rotatable bonds is 4. The number of nitrogens with zero attached hydrogens (tertiary/aromatic N) is 2. The minimum Gasteiger partial charge on any atom is -0.379 e. The highest BCUT2D eigenvalue weighted by molar-refractivity contribution is 5.21. The first-order valence-corrected chi connectivity index (χ1v) is 7.31. The molecule has 0 atom stereocenters. The van der Waals surface area contributed by atoms with Crippen molar-refractivity contribution in [2.24, 2.45) is 0 Å². The number of hydrogen-bond acceptors (Lipinski definition) is 3. The zero-order valence-electron chi connectivity index (χ0n) is 12.5. The van der Waals surface area contributed by atoms with Gasteiger partial charge in [0.1, 0.15) is 0 Å². The molecular weight excluding hydrogens is 236 g/mol. The van der Waals surface area contributed by atoms with Gasteiger partial charge in [-0.15, -0.1) is 0 Å². The van der Waals surface area contributed by atoms with E-state index in [1.165, 1.54) is 17.7 Å². The number of ether oxygens (including phenoxy) is 1. The monoisotopic (exact) mass is 262 g/mol. The summed E-state index contributed by atoms with van der Waals surface area (Å²) in [5.74, 6) is 0. The van der Waals surface area contributed by atoms with Crippen LogP contribution in [0.25, 0.3) is 0 Å². The molecule has 0 bridgehead atoms. The van der Waals surface area contributed by atoms with Crippen LogP contribution >= 0.6 is 0 Å². The minimum absolute atomic E-state index is 0.194. The van der Waals surface area contributed by atoms with Crippen molar-refractivity contribution in [1.82, 2.24) is 9.88 Å². The van der Waals surface area contributed by atoms with Gasteiger partial charge in [-0.2, -0.15) is 0 Å². The molecule has 2 heterocycles. The largest absolute Gasteiger partial charge is 0.379 e. The number of morpholine rings is 1. The van der Waals surface area contributed by atoms with Crippen molar-refractivity contribution in [3.8, 4) is 0 Å². The molecule has 0 aliphatic carbocycles. The van der Waals surface area contributed by atoms with Crippen molar-refractivity contribution in [2.45, 2.75) is 39.0 Å². The second kappa shape index (κ2) is 6.49. The van der Waals surface area contributed by atoms with Crippen LogP contribution in [0.3, 0.4) is 0 Å². The quantitative estimate of drug-likeness (QED) is 0.834. The van der Waals surface area contributed by atoms with Gasteiger partial charge in [-0.25, -0.2) is 0 Å². The number of pyridine rings is 1. The standard InChI is InChI=1S/C16H26N2O/c1-16(2,3)14-6-7-15(17-13-14)5-4-8-18-9-11-19-12-10-18/h6-7,13H,4-5,8-12H2,1-3H3. The molecule has 1 aliphatic rings. The van der Waals surface area contributed by atoms with E-state index in [0.29, 0.717) is 0 Å². The summed E-state index contributed by atoms with van der Waals surface area (Å²) in [6.07, 6.45) is 4.29. The average molecular weight is 262 g/mol. The van der Waals surface area contributed by atoms with E-state index in [1.807, 2.05) is 6.20 Å². The van der Waals surface area contributed by atoms with Gasteiger partial charge in [0.05, 0.1) is 13.2 Å². The van der Waals surface area contributed by atoms with E-state index < -0.39 is 0 Å². The first-order valence-electron chi connectivity index (χ1n) is 7.31. The van der Waals surface area contributed by atoms with Gasteiger partial charge in [0.25, 0.3) is 0 Å². The summed E-state index contributed by atoms with van der Waals surface area (Å²) >= 11 is 0. The van der Waals surface area contributed by atoms with E-state index in [2.05, 4.69) is 42.8 Å². The Morgan fingerprint density at radius 2 is 1.95 bits per heavy atom. The van der Waals surface area contributed by atoms with Crippen LogP contribution in [0.15, 0.2) is 18.3 Å². The lowest BCUT2D eigenvalue weighted by Crippen LogP contribution is -2.36. The summed E-state index contributed by atoms with van der Waals surface area (Å²) in [5.41, 5.74) is 2.71. The van der Waals surface area contributed by atoms with E-state index in [4.69, 9.17) is 4.74 Å². The molecule has 0 N–H and O–H groups in total. The Bertz CT molecular complexity index is 375. The molecule has 19 heavy (non-hydrogen) atoms. The van der Waals surface area contributed by atoms with Crippen molar-refractivity contribution in [3.05, 3.63) is 29.6 Å². The molecule has 0 amide bonds. The first kappa shape index (κ1) is 14.5. The Kier molecular flexibility index (Phi) is 4.94. The maximum Gasteiger partial charge on any atom is 0.0594 e. The van der Waals surface area contributed by atoms with E-state index in [0.717, 1.165) is 39.3 Å². The lowest BCUT2D eigenvalue weighted by molar-refractivity contribution is 0.0374. The number of aromatic nitrogens is 1. The second-order valence-corrected chi connectivity index (χ2v) is 6.35. The van der Waals surface area contributed by atoms with Crippen molar-refractivity contribution in [3.63, 3.8) is 0 Å². The van der Waals surface area contributed by atoms with Crippen LogP contribution in [0.5, 0.6) is 0 Å². The fourth-order valence-electron chi connectivity index (χ4n) is 2.32. The maximum atomic E-state index is 5.36. The van der Waals surface area contributed by atoms with Gasteiger partial charge in [0, 0.05) is 25.0 Å². The van der Waals surface area contributed by atoms with E-state index >= 15 is 0 Å². The van der Waals surface area contributed by atoms with Crippen LogP contribution in [0.1, 0.15) is 38.4 Å². The van der Waals surface area contributed by atoms with Crippen molar-refractivity contribution >= 4 is 0 Å². The normalized spacial score (nSPS) is 17.6. The SMILES string of the molecule is CC(C)(C)c1ccc(CCCN2CCOCC2)nc1. The average Bonchev–Trinajstić information content (AvgIpc) is 2.39. The lowest BCUT2D eigenvalue weighted by Gasteiger charge is -2.26. The predicted molar refractivity (Wildman–Crippen MR) is 78.5 cm³/mol. The molecule has 1 saturated heterocycles. The van der Waals surface area contributed by atoms with Crippen LogP contribution in [0.2, 0.25) is 0 Å². The first-order chi connectivity index (χ1) is 9.05. The van der Waals surface area contributed by atoms with Gasteiger partial charge >= 0.3 is 0 Å². The highest BCUT2D eigenvalue weighted by Gasteiger charge is 2.14. The Balaban J connectivity index is 1.76. The molecule has 0 aromatic carbocycles. The smallest absolute Gasteiger partial charge is 0.0594 e. The fraction of sp³-hybridized carbons (Fsp3) is 0.688. The molecule has 1 aromatic rings. The van der Waals surface area contributed by atoms with Gasteiger partial charge in [-0.1, -0.05) is 26.8 Å². The Labute approximate surface area is 117 Å². The molecular formula is C16H26N2O. The fourth-order valence-corrected chi connectivity index (χ4v) is 2.32. The molecule has 2 rings (SSSR count). The summed E-state index contributed by atoms with van der Waals surface area (Å²) in [5, 5.41) is 0. The summed E-state index contributed by atoms with van der Waals surface area (Å²) in [6, 6.07) is 4.40. The molecule has 1 fully saturated rings. The van der Waals surface area contributed by atoms with E-state index in [9.17, 15) is 0 Å². The number of aryl methyl sites for hydroxylation is 1. The molecule has 0 unspecified atom stereocenters. The van der Waals surface area contributed by atoms with Crippen LogP contribution in [0, 0.1) is 0 Å². The Hall–Kier alpha value is -0.930. The second-order valence-electron chi connectivity index (χ2n) is 6.35. The zero-order chi connectivity index (χ0) is 13.7. The van der Waals surface area contributed by atoms with E-state index in [-0.39, 0.29) is 5.41 Å². The molecule has 3 nitrogen and oxygen atoms in total. The predicted octanol–water partition coefficient (Wildman–Crippen LogP) is 2.64. The molecule has 1 aromatic heterocycles. The summed E-state index contributed by atoms with van der Waals surface area (Å²) < 4.78 is 5.36. The summed E-state index contributed by atoms with van der Waals surface area (Å²) in [4.78, 5) is 7.06. The molecule has 0 radical (unpaired) electrons. The summed E-state index contributed by atoms with van der Waals surface area (Å²) in [6.45, 7) is 11.8. The van der Waals surface area contributed by atoms with Gasteiger partial charge in [-0.3, -0.25) is 9.88 Å². The van der Waals surface area contributed by atoms with Crippen molar-refractivity contribution in [1.29, 1.82) is 0 Å². The van der Waals surface area contributed by atoms with Crippen LogP contribution in [-0.4, -0.2) is 42.7 Å². The van der Waals surface area contributed by atoms with Crippen LogP contribution in [0.4, 0.5) is 0 Å². The van der Waals surface area contributed by atoms with Crippen molar-refractivity contribution < 1.29 is 4.74 Å². The molecule has 3 heteroatoms. The highest BCUT2D eigenvalue weighted by Crippen LogP contribution is 2.21. The Morgan fingerprint density at radius 1 is 1.21 bits per heavy atom. The van der Waals surface area contributed by atoms with Gasteiger partial charge in [0.2, 0.25) is 0 Å². The third kappa shape index (κ3) is 4.59. The molecule has 0 saturated carbocycles. The van der Waals surface area contributed by atoms with E-state index in [1.54, 1.807) is 0 Å². The minimum atomic E-state index is 0.194. The Morgan fingerprint density at radius 3 is 2.53 bits per heavy atom. The third-order valence-corrected chi connectivity index (χ3v) is 3.70. The molecule has 1 aliphatic heterocycles. The van der Waals surface area contributed by atoms with Crippen LogP contribution in [-0.2, 0) is 16.6 Å². The van der Waals surface area contributed by atoms with Gasteiger partial charge in [0.15, 0.2) is 0 Å². The lowest BCUT2D eigenvalue weighted by atomic mass is 9.88. The summed E-state index contributed by atoms with van der Waals surface area (Å²) in [7, 11) is 0. The van der Waals surface area contributed by atoms with Crippen molar-refractivity contribution in [2.75, 3.05) is 32.8 Å². The number of hydrogen-bond donors (Lipinski definition) is 0. The molecule has 106 valence electrons. The third-order valence-electron chi connectivity index (χ3n) is 3.70. The van der Waals surface area contributed by atoms with Gasteiger partial charge < -0.3 is 4.74 Å².